The highest BCUT2D eigenvalue weighted by Crippen LogP contribution is 2.34. The van der Waals surface area contributed by atoms with E-state index in [1.54, 1.807) is 12.1 Å². The van der Waals surface area contributed by atoms with Crippen LogP contribution in [0.15, 0.2) is 66.7 Å². The van der Waals surface area contributed by atoms with Crippen LogP contribution in [0.5, 0.6) is 0 Å². The Hall–Kier alpha value is -2.80. The third-order valence-corrected chi connectivity index (χ3v) is 8.37. The number of carbonyl (C=O) groups excluding carboxylic acids is 1. The van der Waals surface area contributed by atoms with Gasteiger partial charge in [-0.05, 0) is 85.1 Å². The quantitative estimate of drug-likeness (QED) is 0.468. The zero-order chi connectivity index (χ0) is 25.8. The molecule has 37 heavy (non-hydrogen) atoms. The van der Waals surface area contributed by atoms with Crippen molar-refractivity contribution in [2.45, 2.75) is 37.7 Å². The van der Waals surface area contributed by atoms with Gasteiger partial charge in [-0.25, -0.2) is 4.39 Å². The fourth-order valence-corrected chi connectivity index (χ4v) is 6.30. The lowest BCUT2D eigenvalue weighted by Crippen LogP contribution is -2.40. The summed E-state index contributed by atoms with van der Waals surface area (Å²) in [5, 5.41) is 22.3. The van der Waals surface area contributed by atoms with E-state index < -0.39 is 6.10 Å². The molecule has 0 aromatic heterocycles. The van der Waals surface area contributed by atoms with Crippen molar-refractivity contribution < 1.29 is 19.4 Å². The molecule has 2 aliphatic heterocycles. The van der Waals surface area contributed by atoms with E-state index in [4.69, 9.17) is 0 Å². The predicted octanol–water partition coefficient (Wildman–Crippen LogP) is 4.68. The molecule has 2 fully saturated rings. The van der Waals surface area contributed by atoms with Gasteiger partial charge < -0.3 is 20.0 Å². The first-order valence-corrected chi connectivity index (χ1v) is 13.6. The first-order valence-electron chi connectivity index (χ1n) is 13.6. The summed E-state index contributed by atoms with van der Waals surface area (Å²) in [5.74, 6) is 0.426. The normalized spacial score (nSPS) is 22.0. The first kappa shape index (κ1) is 25.8. The monoisotopic (exact) mass is 504 g/mol. The molecule has 5 nitrogen and oxygen atoms in total. The van der Waals surface area contributed by atoms with Crippen LogP contribution >= 0.6 is 0 Å². The van der Waals surface area contributed by atoms with Crippen LogP contribution in [0.3, 0.4) is 0 Å². The van der Waals surface area contributed by atoms with Crippen molar-refractivity contribution in [3.63, 3.8) is 0 Å². The number of amides is 1. The molecule has 3 aromatic rings. The number of aliphatic hydroxyl groups is 2. The van der Waals surface area contributed by atoms with Crippen molar-refractivity contribution in [1.82, 2.24) is 9.80 Å². The molecule has 1 amide bonds. The summed E-state index contributed by atoms with van der Waals surface area (Å²) >= 11 is 0. The highest BCUT2D eigenvalue weighted by molar-refractivity contribution is 6.07. The Labute approximate surface area is 218 Å². The van der Waals surface area contributed by atoms with E-state index in [1.807, 2.05) is 59.5 Å². The van der Waals surface area contributed by atoms with Gasteiger partial charge in [0.15, 0.2) is 0 Å². The standard InChI is InChI=1S/C31H37FN2O3/c32-26-12-10-22(11-13-26)23-14-16-33(17-15-23)19-25-20-34(21-29(25)30(36)9-4-18-35)31(37)28-8-3-6-24-5-1-2-7-27(24)28/h1-3,5-8,10-13,23,25,29-30,35-36H,4,9,14-21H2/t25?,29-,30?/m1/s1. The smallest absolute Gasteiger partial charge is 0.254 e. The zero-order valence-electron chi connectivity index (χ0n) is 21.3. The fraction of sp³-hybridized carbons (Fsp3) is 0.452. The van der Waals surface area contributed by atoms with Crippen molar-refractivity contribution in [2.24, 2.45) is 11.8 Å². The molecule has 2 N–H and O–H groups in total. The minimum absolute atomic E-state index is 0.0136. The number of halogens is 1. The highest BCUT2D eigenvalue weighted by Gasteiger charge is 2.40. The van der Waals surface area contributed by atoms with E-state index in [2.05, 4.69) is 4.90 Å². The maximum Gasteiger partial charge on any atom is 0.254 e. The number of benzene rings is 3. The summed E-state index contributed by atoms with van der Waals surface area (Å²) in [6.45, 7) is 3.97. The summed E-state index contributed by atoms with van der Waals surface area (Å²) in [4.78, 5) is 18.1. The molecule has 2 aliphatic rings. The molecule has 3 aromatic carbocycles. The molecule has 5 rings (SSSR count). The van der Waals surface area contributed by atoms with Crippen molar-refractivity contribution >= 4 is 16.7 Å². The first-order chi connectivity index (χ1) is 18.0. The highest BCUT2D eigenvalue weighted by atomic mass is 19.1. The van der Waals surface area contributed by atoms with Crippen LogP contribution < -0.4 is 0 Å². The largest absolute Gasteiger partial charge is 0.396 e. The average Bonchev–Trinajstić information content (AvgIpc) is 3.35. The van der Waals surface area contributed by atoms with Crippen LogP contribution in [0.2, 0.25) is 0 Å². The van der Waals surface area contributed by atoms with Gasteiger partial charge in [0.2, 0.25) is 0 Å². The van der Waals surface area contributed by atoms with Gasteiger partial charge in [-0.1, -0.05) is 48.5 Å². The predicted molar refractivity (Wildman–Crippen MR) is 144 cm³/mol. The van der Waals surface area contributed by atoms with Gasteiger partial charge in [-0.2, -0.15) is 0 Å². The van der Waals surface area contributed by atoms with E-state index in [9.17, 15) is 19.4 Å². The number of nitrogens with zero attached hydrogens (tertiary/aromatic N) is 2. The number of likely N-dealkylation sites (tertiary alicyclic amines) is 2. The van der Waals surface area contributed by atoms with Crippen LogP contribution in [-0.2, 0) is 0 Å². The number of piperidine rings is 1. The van der Waals surface area contributed by atoms with Gasteiger partial charge in [-0.15, -0.1) is 0 Å². The van der Waals surface area contributed by atoms with E-state index in [0.717, 1.165) is 43.2 Å². The number of rotatable bonds is 8. The molecule has 0 bridgehead atoms. The molecule has 2 saturated heterocycles. The Morgan fingerprint density at radius 3 is 2.46 bits per heavy atom. The SMILES string of the molecule is O=C(c1cccc2ccccc12)N1CC(CN2CCC(c3ccc(F)cc3)CC2)[C@H](C(O)CCCO)C1. The third kappa shape index (κ3) is 5.87. The van der Waals surface area contributed by atoms with Gasteiger partial charge in [-0.3, -0.25) is 4.79 Å². The molecule has 0 saturated carbocycles. The molecule has 2 heterocycles. The lowest BCUT2D eigenvalue weighted by Gasteiger charge is -2.35. The molecule has 6 heteroatoms. The second-order valence-electron chi connectivity index (χ2n) is 10.7. The molecule has 3 atom stereocenters. The number of carbonyl (C=O) groups is 1. The molecule has 0 spiro atoms. The Kier molecular flexibility index (Phi) is 8.18. The Morgan fingerprint density at radius 2 is 1.70 bits per heavy atom. The van der Waals surface area contributed by atoms with Crippen molar-refractivity contribution in [3.8, 4) is 0 Å². The van der Waals surface area contributed by atoms with Gasteiger partial charge in [0.1, 0.15) is 5.82 Å². The van der Waals surface area contributed by atoms with Gasteiger partial charge in [0, 0.05) is 37.7 Å². The molecule has 0 radical (unpaired) electrons. The average molecular weight is 505 g/mol. The Bertz CT molecular complexity index is 1190. The van der Waals surface area contributed by atoms with Crippen LogP contribution in [-0.4, -0.2) is 71.4 Å². The number of aliphatic hydroxyl groups excluding tert-OH is 2. The molecule has 2 unspecified atom stereocenters. The minimum Gasteiger partial charge on any atom is -0.396 e. The van der Waals surface area contributed by atoms with Crippen molar-refractivity contribution in [3.05, 3.63) is 83.7 Å². The topological polar surface area (TPSA) is 64.0 Å². The zero-order valence-corrected chi connectivity index (χ0v) is 21.3. The van der Waals surface area contributed by atoms with E-state index in [0.29, 0.717) is 37.4 Å². The fourth-order valence-electron chi connectivity index (χ4n) is 6.30. The molecular formula is C31H37FN2O3. The second-order valence-corrected chi connectivity index (χ2v) is 10.7. The maximum atomic E-state index is 13.7. The number of hydrogen-bond donors (Lipinski definition) is 2. The molecule has 0 aliphatic carbocycles. The minimum atomic E-state index is -0.542. The summed E-state index contributed by atoms with van der Waals surface area (Å²) in [6.07, 6.45) is 2.61. The van der Waals surface area contributed by atoms with Gasteiger partial charge >= 0.3 is 0 Å². The van der Waals surface area contributed by atoms with E-state index in [-0.39, 0.29) is 30.2 Å². The van der Waals surface area contributed by atoms with E-state index in [1.165, 1.54) is 5.56 Å². The van der Waals surface area contributed by atoms with Crippen LogP contribution in [0.25, 0.3) is 10.8 Å². The third-order valence-electron chi connectivity index (χ3n) is 8.37. The van der Waals surface area contributed by atoms with Gasteiger partial charge in [0.05, 0.1) is 6.10 Å². The lowest BCUT2D eigenvalue weighted by molar-refractivity contribution is 0.0607. The van der Waals surface area contributed by atoms with Crippen molar-refractivity contribution in [2.75, 3.05) is 39.3 Å². The van der Waals surface area contributed by atoms with Crippen LogP contribution in [0.1, 0.15) is 47.5 Å². The van der Waals surface area contributed by atoms with Crippen LogP contribution in [0.4, 0.5) is 4.39 Å². The van der Waals surface area contributed by atoms with E-state index >= 15 is 0 Å². The number of hydrogen-bond acceptors (Lipinski definition) is 4. The van der Waals surface area contributed by atoms with Gasteiger partial charge in [0.25, 0.3) is 5.91 Å². The lowest BCUT2D eigenvalue weighted by atomic mass is 9.86. The summed E-state index contributed by atoms with van der Waals surface area (Å²) in [6, 6.07) is 20.7. The maximum absolute atomic E-state index is 13.7. The summed E-state index contributed by atoms with van der Waals surface area (Å²) in [5.41, 5.74) is 1.91. The summed E-state index contributed by atoms with van der Waals surface area (Å²) in [7, 11) is 0. The molecule has 196 valence electrons. The summed E-state index contributed by atoms with van der Waals surface area (Å²) < 4.78 is 13.3. The van der Waals surface area contributed by atoms with Crippen LogP contribution in [0, 0.1) is 17.7 Å². The second kappa shape index (κ2) is 11.7. The van der Waals surface area contributed by atoms with Crippen molar-refractivity contribution in [1.29, 1.82) is 0 Å². The Morgan fingerprint density at radius 1 is 0.973 bits per heavy atom. The molecular weight excluding hydrogens is 467 g/mol. The number of fused-ring (bicyclic) bond motifs is 1. The Balaban J connectivity index is 1.27.